The number of nitrogens with zero attached hydrogens (tertiary/aromatic N) is 1. The monoisotopic (exact) mass is 312 g/mol. The minimum Gasteiger partial charge on any atom is -0.310 e. The standard InChI is InChI=1S/C14H24N4O2S/c1-10-2-4-13(5-3-10)18-21(19,20)14-11(9-16-17-14)8-15-12-6-7-12/h9-10,12-13,15,18H,2-8H2,1H3,(H,16,17). The van der Waals surface area contributed by atoms with Crippen molar-refractivity contribution in [1.29, 1.82) is 0 Å². The number of aromatic amines is 1. The molecular weight excluding hydrogens is 288 g/mol. The van der Waals surface area contributed by atoms with Crippen molar-refractivity contribution >= 4 is 10.0 Å². The molecule has 0 spiro atoms. The maximum atomic E-state index is 12.5. The summed E-state index contributed by atoms with van der Waals surface area (Å²) in [6.45, 7) is 2.78. The number of nitrogens with one attached hydrogen (secondary N) is 3. The highest BCUT2D eigenvalue weighted by Crippen LogP contribution is 2.25. The number of H-pyrrole nitrogens is 1. The maximum absolute atomic E-state index is 12.5. The van der Waals surface area contributed by atoms with Crippen LogP contribution in [-0.2, 0) is 16.6 Å². The summed E-state index contributed by atoms with van der Waals surface area (Å²) in [6, 6.07) is 0.599. The first-order valence-corrected chi connectivity index (χ1v) is 9.31. The first-order valence-electron chi connectivity index (χ1n) is 7.82. The molecule has 3 rings (SSSR count). The lowest BCUT2D eigenvalue weighted by atomic mass is 9.88. The van der Waals surface area contributed by atoms with E-state index < -0.39 is 10.0 Å². The van der Waals surface area contributed by atoms with Crippen LogP contribution >= 0.6 is 0 Å². The van der Waals surface area contributed by atoms with E-state index in [1.165, 1.54) is 12.8 Å². The fourth-order valence-corrected chi connectivity index (χ4v) is 4.29. The number of hydrogen-bond acceptors (Lipinski definition) is 4. The third-order valence-corrected chi connectivity index (χ3v) is 5.98. The second kappa shape index (κ2) is 6.06. The Bertz CT molecular complexity index is 572. The van der Waals surface area contributed by atoms with Gasteiger partial charge in [0.1, 0.15) is 0 Å². The fourth-order valence-electron chi connectivity index (χ4n) is 2.86. The summed E-state index contributed by atoms with van der Waals surface area (Å²) in [5.74, 6) is 0.705. The molecule has 0 aliphatic heterocycles. The molecule has 3 N–H and O–H groups in total. The van der Waals surface area contributed by atoms with Gasteiger partial charge in [-0.25, -0.2) is 13.1 Å². The first kappa shape index (κ1) is 15.0. The number of rotatable bonds is 6. The van der Waals surface area contributed by atoms with E-state index >= 15 is 0 Å². The lowest BCUT2D eigenvalue weighted by Crippen LogP contribution is -2.38. The van der Waals surface area contributed by atoms with Gasteiger partial charge in [-0.15, -0.1) is 0 Å². The Morgan fingerprint density at radius 2 is 1.86 bits per heavy atom. The molecule has 118 valence electrons. The lowest BCUT2D eigenvalue weighted by Gasteiger charge is -2.26. The van der Waals surface area contributed by atoms with Gasteiger partial charge in [-0.05, 0) is 44.4 Å². The van der Waals surface area contributed by atoms with E-state index in [9.17, 15) is 8.42 Å². The fraction of sp³-hybridized carbons (Fsp3) is 0.786. The van der Waals surface area contributed by atoms with Gasteiger partial charge in [-0.1, -0.05) is 6.92 Å². The third-order valence-electron chi connectivity index (χ3n) is 4.44. The van der Waals surface area contributed by atoms with Gasteiger partial charge in [-0.2, -0.15) is 5.10 Å². The quantitative estimate of drug-likeness (QED) is 0.743. The van der Waals surface area contributed by atoms with Crippen molar-refractivity contribution in [3.8, 4) is 0 Å². The molecule has 0 amide bonds. The predicted octanol–water partition coefficient (Wildman–Crippen LogP) is 1.52. The molecular formula is C14H24N4O2S. The Labute approximate surface area is 126 Å². The summed E-state index contributed by atoms with van der Waals surface area (Å²) in [5.41, 5.74) is 0.721. The molecule has 0 bridgehead atoms. The van der Waals surface area contributed by atoms with Crippen LogP contribution in [-0.4, -0.2) is 30.7 Å². The largest absolute Gasteiger partial charge is 0.310 e. The van der Waals surface area contributed by atoms with Crippen molar-refractivity contribution in [2.45, 2.75) is 69.1 Å². The van der Waals surface area contributed by atoms with Gasteiger partial charge >= 0.3 is 0 Å². The highest BCUT2D eigenvalue weighted by atomic mass is 32.2. The van der Waals surface area contributed by atoms with Crippen molar-refractivity contribution < 1.29 is 8.42 Å². The average Bonchev–Trinajstić information content (AvgIpc) is 3.14. The molecule has 1 aromatic heterocycles. The predicted molar refractivity (Wildman–Crippen MR) is 80.2 cm³/mol. The lowest BCUT2D eigenvalue weighted by molar-refractivity contribution is 0.332. The summed E-state index contributed by atoms with van der Waals surface area (Å²) in [7, 11) is -3.50. The van der Waals surface area contributed by atoms with Crippen LogP contribution < -0.4 is 10.0 Å². The SMILES string of the molecule is CC1CCC(NS(=O)(=O)c2[nH]ncc2CNC2CC2)CC1. The molecule has 0 radical (unpaired) electrons. The summed E-state index contributed by atoms with van der Waals surface area (Å²) in [5, 5.41) is 10.1. The molecule has 0 atom stereocenters. The topological polar surface area (TPSA) is 86.9 Å². The highest BCUT2D eigenvalue weighted by Gasteiger charge is 2.28. The third kappa shape index (κ3) is 3.84. The molecule has 7 heteroatoms. The van der Waals surface area contributed by atoms with E-state index in [1.54, 1.807) is 6.20 Å². The second-order valence-corrected chi connectivity index (χ2v) is 8.11. The van der Waals surface area contributed by atoms with Gasteiger partial charge < -0.3 is 5.32 Å². The molecule has 2 aliphatic carbocycles. The van der Waals surface area contributed by atoms with E-state index in [4.69, 9.17) is 0 Å². The van der Waals surface area contributed by atoms with Crippen molar-refractivity contribution in [3.05, 3.63) is 11.8 Å². The van der Waals surface area contributed by atoms with Gasteiger partial charge in [0.25, 0.3) is 10.0 Å². The summed E-state index contributed by atoms with van der Waals surface area (Å²) < 4.78 is 27.9. The van der Waals surface area contributed by atoms with Crippen molar-refractivity contribution in [2.24, 2.45) is 5.92 Å². The van der Waals surface area contributed by atoms with Crippen LogP contribution in [0.15, 0.2) is 11.2 Å². The molecule has 0 unspecified atom stereocenters. The molecule has 6 nitrogen and oxygen atoms in total. The minimum absolute atomic E-state index is 0.0544. The smallest absolute Gasteiger partial charge is 0.258 e. The maximum Gasteiger partial charge on any atom is 0.258 e. The molecule has 0 saturated heterocycles. The number of aromatic nitrogens is 2. The molecule has 2 fully saturated rings. The summed E-state index contributed by atoms with van der Waals surface area (Å²) in [4.78, 5) is 0. The molecule has 21 heavy (non-hydrogen) atoms. The van der Waals surface area contributed by atoms with Crippen molar-refractivity contribution in [2.75, 3.05) is 0 Å². The normalized spacial score (nSPS) is 26.9. The highest BCUT2D eigenvalue weighted by molar-refractivity contribution is 7.89. The van der Waals surface area contributed by atoms with Gasteiger partial charge in [0.2, 0.25) is 0 Å². The Hall–Kier alpha value is -0.920. The Morgan fingerprint density at radius 3 is 2.52 bits per heavy atom. The zero-order valence-corrected chi connectivity index (χ0v) is 13.2. The first-order chi connectivity index (χ1) is 10.0. The van der Waals surface area contributed by atoms with Crippen molar-refractivity contribution in [1.82, 2.24) is 20.2 Å². The number of hydrogen-bond donors (Lipinski definition) is 3. The molecule has 0 aromatic carbocycles. The van der Waals surface area contributed by atoms with E-state index in [1.807, 2.05) is 0 Å². The number of sulfonamides is 1. The van der Waals surface area contributed by atoms with E-state index in [-0.39, 0.29) is 11.1 Å². The van der Waals surface area contributed by atoms with E-state index in [0.717, 1.165) is 31.2 Å². The Balaban J connectivity index is 1.64. The van der Waals surface area contributed by atoms with Crippen LogP contribution in [0, 0.1) is 5.92 Å². The van der Waals surface area contributed by atoms with Crippen LogP contribution in [0.2, 0.25) is 0 Å². The molecule has 2 aliphatic rings. The molecule has 1 heterocycles. The van der Waals surface area contributed by atoms with Crippen LogP contribution in [0.5, 0.6) is 0 Å². The minimum atomic E-state index is -3.50. The van der Waals surface area contributed by atoms with E-state index in [0.29, 0.717) is 18.5 Å². The zero-order valence-electron chi connectivity index (χ0n) is 12.4. The Kier molecular flexibility index (Phi) is 4.33. The van der Waals surface area contributed by atoms with Gasteiger partial charge in [0.15, 0.2) is 5.03 Å². The van der Waals surface area contributed by atoms with Crippen LogP contribution in [0.1, 0.15) is 51.0 Å². The summed E-state index contributed by atoms with van der Waals surface area (Å²) in [6.07, 6.45) is 7.98. The van der Waals surface area contributed by atoms with Gasteiger partial charge in [-0.3, -0.25) is 5.10 Å². The Morgan fingerprint density at radius 1 is 1.19 bits per heavy atom. The van der Waals surface area contributed by atoms with E-state index in [2.05, 4.69) is 27.2 Å². The van der Waals surface area contributed by atoms with Gasteiger partial charge in [0, 0.05) is 24.2 Å². The van der Waals surface area contributed by atoms with Crippen LogP contribution in [0.25, 0.3) is 0 Å². The second-order valence-electron chi connectivity index (χ2n) is 6.46. The molecule has 2 saturated carbocycles. The van der Waals surface area contributed by atoms with Crippen LogP contribution in [0.4, 0.5) is 0 Å². The molecule has 1 aromatic rings. The van der Waals surface area contributed by atoms with Gasteiger partial charge in [0.05, 0.1) is 6.20 Å². The van der Waals surface area contributed by atoms with Crippen LogP contribution in [0.3, 0.4) is 0 Å². The zero-order chi connectivity index (χ0) is 14.9. The average molecular weight is 312 g/mol. The van der Waals surface area contributed by atoms with Crippen molar-refractivity contribution in [3.63, 3.8) is 0 Å². The summed E-state index contributed by atoms with van der Waals surface area (Å²) >= 11 is 0.